The normalized spacial score (nSPS) is 10.9. The predicted octanol–water partition coefficient (Wildman–Crippen LogP) is 3.18. The van der Waals surface area contributed by atoms with E-state index in [-0.39, 0.29) is 22.3 Å². The molecule has 7 nitrogen and oxygen atoms in total. The highest BCUT2D eigenvalue weighted by Crippen LogP contribution is 2.25. The van der Waals surface area contributed by atoms with Gasteiger partial charge in [-0.3, -0.25) is 14.9 Å². The number of nitro benzene ring substituents is 1. The van der Waals surface area contributed by atoms with Crippen molar-refractivity contribution in [3.05, 3.63) is 79.6 Å². The van der Waals surface area contributed by atoms with Gasteiger partial charge in [0.2, 0.25) is 5.43 Å². The number of rotatable bonds is 3. The van der Waals surface area contributed by atoms with Gasteiger partial charge in [-0.2, -0.15) is 0 Å². The summed E-state index contributed by atoms with van der Waals surface area (Å²) < 4.78 is 28.5. The molecule has 1 heterocycles. The van der Waals surface area contributed by atoms with Crippen LogP contribution in [0.5, 0.6) is 0 Å². The lowest BCUT2D eigenvalue weighted by Gasteiger charge is -2.15. The Labute approximate surface area is 143 Å². The van der Waals surface area contributed by atoms with Gasteiger partial charge in [0.25, 0.3) is 5.69 Å². The van der Waals surface area contributed by atoms with Gasteiger partial charge in [0.15, 0.2) is 11.6 Å². The summed E-state index contributed by atoms with van der Waals surface area (Å²) in [5.41, 5.74) is -1.18. The van der Waals surface area contributed by atoms with Crippen LogP contribution < -0.4 is 5.43 Å². The minimum absolute atomic E-state index is 0.0594. The van der Waals surface area contributed by atoms with E-state index in [2.05, 4.69) is 0 Å². The van der Waals surface area contributed by atoms with Gasteiger partial charge in [-0.25, -0.2) is 13.6 Å². The number of carboxylic acids is 1. The topological polar surface area (TPSA) is 102 Å². The minimum Gasteiger partial charge on any atom is -0.477 e. The number of aryl methyl sites for hydroxylation is 1. The van der Waals surface area contributed by atoms with E-state index >= 15 is 0 Å². The van der Waals surface area contributed by atoms with Crippen LogP contribution >= 0.6 is 0 Å². The molecule has 132 valence electrons. The molecule has 0 bridgehead atoms. The van der Waals surface area contributed by atoms with Crippen molar-refractivity contribution in [2.45, 2.75) is 6.92 Å². The van der Waals surface area contributed by atoms with Crippen molar-refractivity contribution >= 4 is 22.6 Å². The van der Waals surface area contributed by atoms with Crippen molar-refractivity contribution in [3.63, 3.8) is 0 Å². The number of hydrogen-bond donors (Lipinski definition) is 1. The lowest BCUT2D eigenvalue weighted by Crippen LogP contribution is -2.19. The maximum atomic E-state index is 13.7. The molecule has 0 unspecified atom stereocenters. The summed E-state index contributed by atoms with van der Waals surface area (Å²) in [7, 11) is 0. The van der Waals surface area contributed by atoms with E-state index in [1.807, 2.05) is 0 Å². The second-order valence-corrected chi connectivity index (χ2v) is 5.56. The molecule has 0 aliphatic carbocycles. The van der Waals surface area contributed by atoms with Crippen LogP contribution in [-0.4, -0.2) is 20.6 Å². The van der Waals surface area contributed by atoms with Crippen LogP contribution in [0.4, 0.5) is 14.5 Å². The Morgan fingerprint density at radius 3 is 2.42 bits per heavy atom. The second-order valence-electron chi connectivity index (χ2n) is 5.56. The Morgan fingerprint density at radius 2 is 1.85 bits per heavy atom. The number of aromatic nitrogens is 1. The Kier molecular flexibility index (Phi) is 3.99. The molecule has 0 spiro atoms. The zero-order valence-electron chi connectivity index (χ0n) is 13.2. The van der Waals surface area contributed by atoms with Gasteiger partial charge in [0.1, 0.15) is 5.56 Å². The highest BCUT2D eigenvalue weighted by atomic mass is 19.2. The molecule has 0 saturated carbocycles. The molecule has 26 heavy (non-hydrogen) atoms. The zero-order chi connectivity index (χ0) is 19.2. The second kappa shape index (κ2) is 6.03. The number of non-ortho nitro benzene ring substituents is 1. The number of benzene rings is 2. The minimum atomic E-state index is -1.53. The van der Waals surface area contributed by atoms with Crippen molar-refractivity contribution in [3.8, 4) is 5.69 Å². The fraction of sp³-hybridized carbons (Fsp3) is 0.0588. The average molecular weight is 360 g/mol. The first kappa shape index (κ1) is 17.2. The molecule has 3 rings (SSSR count). The SMILES string of the molecule is Cc1cc([N+](=O)[O-])ccc1-n1cc(C(=O)O)c(=O)c2cc(F)c(F)cc21. The Hall–Kier alpha value is -3.62. The molecule has 0 amide bonds. The van der Waals surface area contributed by atoms with E-state index in [0.717, 1.165) is 12.3 Å². The summed E-state index contributed by atoms with van der Waals surface area (Å²) in [6, 6.07) is 5.19. The molecule has 2 aromatic carbocycles. The summed E-state index contributed by atoms with van der Waals surface area (Å²) in [5, 5.41) is 19.8. The number of halogens is 2. The average Bonchev–Trinajstić information content (AvgIpc) is 2.57. The van der Waals surface area contributed by atoms with Crippen LogP contribution in [0, 0.1) is 28.7 Å². The Bertz CT molecular complexity index is 1150. The van der Waals surface area contributed by atoms with Gasteiger partial charge in [-0.15, -0.1) is 0 Å². The third-order valence-corrected chi connectivity index (χ3v) is 3.93. The van der Waals surface area contributed by atoms with Crippen LogP contribution in [0.3, 0.4) is 0 Å². The number of carboxylic acid groups (broad SMARTS) is 1. The van der Waals surface area contributed by atoms with Crippen molar-refractivity contribution in [1.29, 1.82) is 0 Å². The van der Waals surface area contributed by atoms with Crippen LogP contribution in [0.1, 0.15) is 15.9 Å². The maximum absolute atomic E-state index is 13.7. The molecule has 0 fully saturated rings. The number of nitro groups is 1. The summed E-state index contributed by atoms with van der Waals surface area (Å²) >= 11 is 0. The van der Waals surface area contributed by atoms with Gasteiger partial charge in [-0.1, -0.05) is 0 Å². The highest BCUT2D eigenvalue weighted by Gasteiger charge is 2.19. The molecular formula is C17H10F2N2O5. The summed E-state index contributed by atoms with van der Waals surface area (Å²) in [6.07, 6.45) is 0.985. The van der Waals surface area contributed by atoms with Crippen molar-refractivity contribution < 1.29 is 23.6 Å². The smallest absolute Gasteiger partial charge is 0.341 e. The molecule has 9 heteroatoms. The van der Waals surface area contributed by atoms with Crippen molar-refractivity contribution in [2.24, 2.45) is 0 Å². The molecule has 0 radical (unpaired) electrons. The summed E-state index contributed by atoms with van der Waals surface area (Å²) in [4.78, 5) is 33.9. The maximum Gasteiger partial charge on any atom is 0.341 e. The zero-order valence-corrected chi connectivity index (χ0v) is 13.2. The fourth-order valence-corrected chi connectivity index (χ4v) is 2.70. The molecular weight excluding hydrogens is 350 g/mol. The molecule has 1 N–H and O–H groups in total. The third-order valence-electron chi connectivity index (χ3n) is 3.93. The molecule has 0 aliphatic heterocycles. The number of fused-ring (bicyclic) bond motifs is 1. The van der Waals surface area contributed by atoms with Crippen molar-refractivity contribution in [2.75, 3.05) is 0 Å². The van der Waals surface area contributed by atoms with E-state index in [1.54, 1.807) is 0 Å². The van der Waals surface area contributed by atoms with Gasteiger partial charge < -0.3 is 9.67 Å². The quantitative estimate of drug-likeness (QED) is 0.571. The summed E-state index contributed by atoms with van der Waals surface area (Å²) in [5.74, 6) is -4.03. The molecule has 1 aromatic heterocycles. The van der Waals surface area contributed by atoms with Crippen LogP contribution in [0.15, 0.2) is 41.3 Å². The predicted molar refractivity (Wildman–Crippen MR) is 87.8 cm³/mol. The van der Waals surface area contributed by atoms with Gasteiger partial charge >= 0.3 is 5.97 Å². The largest absolute Gasteiger partial charge is 0.477 e. The van der Waals surface area contributed by atoms with Crippen LogP contribution in [0.2, 0.25) is 0 Å². The van der Waals surface area contributed by atoms with E-state index in [1.165, 1.54) is 29.7 Å². The number of hydrogen-bond acceptors (Lipinski definition) is 4. The molecule has 3 aromatic rings. The standard InChI is InChI=1S/C17H10F2N2O5/c1-8-4-9(21(25)26)2-3-14(8)20-7-11(17(23)24)16(22)10-5-12(18)13(19)6-15(10)20/h2-7H,1H3,(H,23,24). The number of aromatic carboxylic acids is 1. The molecule has 0 aliphatic rings. The first-order valence-electron chi connectivity index (χ1n) is 7.24. The van der Waals surface area contributed by atoms with Gasteiger partial charge in [0.05, 0.1) is 15.8 Å². The lowest BCUT2D eigenvalue weighted by molar-refractivity contribution is -0.384. The van der Waals surface area contributed by atoms with E-state index in [4.69, 9.17) is 0 Å². The van der Waals surface area contributed by atoms with Crippen molar-refractivity contribution in [1.82, 2.24) is 4.57 Å². The molecule has 0 saturated heterocycles. The van der Waals surface area contributed by atoms with Crippen LogP contribution in [0.25, 0.3) is 16.6 Å². The van der Waals surface area contributed by atoms with E-state index in [9.17, 15) is 33.6 Å². The van der Waals surface area contributed by atoms with E-state index < -0.39 is 33.5 Å². The Balaban J connectivity index is 2.44. The number of carbonyl (C=O) groups is 1. The Morgan fingerprint density at radius 1 is 1.19 bits per heavy atom. The van der Waals surface area contributed by atoms with E-state index in [0.29, 0.717) is 11.6 Å². The number of nitrogens with zero attached hydrogens (tertiary/aromatic N) is 2. The fourth-order valence-electron chi connectivity index (χ4n) is 2.70. The van der Waals surface area contributed by atoms with Gasteiger partial charge in [-0.05, 0) is 24.6 Å². The number of pyridine rings is 1. The third kappa shape index (κ3) is 2.69. The highest BCUT2D eigenvalue weighted by molar-refractivity contribution is 5.93. The first-order valence-corrected chi connectivity index (χ1v) is 7.24. The van der Waals surface area contributed by atoms with Gasteiger partial charge in [0, 0.05) is 30.1 Å². The summed E-state index contributed by atoms with van der Waals surface area (Å²) in [6.45, 7) is 1.53. The molecule has 0 atom stereocenters. The first-order chi connectivity index (χ1) is 12.2. The van der Waals surface area contributed by atoms with Crippen LogP contribution in [-0.2, 0) is 0 Å². The lowest BCUT2D eigenvalue weighted by atomic mass is 10.1. The monoisotopic (exact) mass is 360 g/mol.